The van der Waals surface area contributed by atoms with Gasteiger partial charge in [-0.05, 0) is 86.0 Å². The fourth-order valence-corrected chi connectivity index (χ4v) is 8.47. The van der Waals surface area contributed by atoms with E-state index in [9.17, 15) is 27.9 Å². The second-order valence-corrected chi connectivity index (χ2v) is 12.9. The summed E-state index contributed by atoms with van der Waals surface area (Å²) in [7, 11) is 0. The van der Waals surface area contributed by atoms with E-state index in [4.69, 9.17) is 9.47 Å². The first-order chi connectivity index (χ1) is 21.1. The topological polar surface area (TPSA) is 117 Å². The molecule has 13 heteroatoms. The molecule has 4 bridgehead atoms. The van der Waals surface area contributed by atoms with Crippen LogP contribution in [0.5, 0.6) is 5.75 Å². The summed E-state index contributed by atoms with van der Waals surface area (Å²) in [6.07, 6.45) is 0.208. The SMILES string of the molecule is O=C(NC1(C(=O)O)C2CC3CC(C2)CC1C3)c1cnc(N2CCc3cc(OCCN4CCOCC4)ccc32)nc1C(F)(F)F. The van der Waals surface area contributed by atoms with Gasteiger partial charge in [0.2, 0.25) is 5.95 Å². The zero-order chi connectivity index (χ0) is 30.6. The molecule has 1 amide bonds. The molecule has 2 aromatic rings. The van der Waals surface area contributed by atoms with Crippen LogP contribution in [0.15, 0.2) is 24.4 Å². The van der Waals surface area contributed by atoms with Crippen LogP contribution in [0.25, 0.3) is 0 Å². The van der Waals surface area contributed by atoms with Gasteiger partial charge in [0.15, 0.2) is 5.69 Å². The Morgan fingerprint density at radius 1 is 1.07 bits per heavy atom. The summed E-state index contributed by atoms with van der Waals surface area (Å²) in [6, 6.07) is 5.45. The number of nitrogens with one attached hydrogen (secondary N) is 1. The molecular weight excluding hydrogens is 579 g/mol. The number of carboxylic acids is 1. The number of halogens is 3. The van der Waals surface area contributed by atoms with Crippen molar-refractivity contribution in [2.75, 3.05) is 50.9 Å². The van der Waals surface area contributed by atoms with Crippen molar-refractivity contribution in [3.8, 4) is 5.75 Å². The van der Waals surface area contributed by atoms with Crippen LogP contribution in [0.4, 0.5) is 24.8 Å². The van der Waals surface area contributed by atoms with E-state index in [2.05, 4.69) is 20.2 Å². The summed E-state index contributed by atoms with van der Waals surface area (Å²) in [5.41, 5.74) is -2.14. The number of benzene rings is 1. The molecule has 8 rings (SSSR count). The third-order valence-electron chi connectivity index (χ3n) is 10.4. The number of ether oxygens (including phenoxy) is 2. The maximum atomic E-state index is 14.4. The molecule has 1 aromatic carbocycles. The molecular formula is C31H36F3N5O5. The number of rotatable bonds is 8. The Balaban J connectivity index is 1.10. The van der Waals surface area contributed by atoms with Crippen molar-refractivity contribution in [3.05, 3.63) is 41.2 Å². The van der Waals surface area contributed by atoms with Crippen LogP contribution in [0.3, 0.4) is 0 Å². The minimum atomic E-state index is -4.95. The smallest absolute Gasteiger partial charge is 0.434 e. The number of morpholine rings is 1. The molecule has 1 aromatic heterocycles. The largest absolute Gasteiger partial charge is 0.492 e. The average molecular weight is 616 g/mol. The fourth-order valence-electron chi connectivity index (χ4n) is 8.47. The Hall–Kier alpha value is -3.45. The van der Waals surface area contributed by atoms with Gasteiger partial charge in [-0.3, -0.25) is 9.69 Å². The van der Waals surface area contributed by atoms with Gasteiger partial charge in [0, 0.05) is 38.1 Å². The zero-order valence-corrected chi connectivity index (χ0v) is 24.3. The molecule has 44 heavy (non-hydrogen) atoms. The highest BCUT2D eigenvalue weighted by Gasteiger charge is 2.62. The van der Waals surface area contributed by atoms with Gasteiger partial charge in [-0.1, -0.05) is 0 Å². The van der Waals surface area contributed by atoms with Crippen LogP contribution < -0.4 is 15.0 Å². The number of hydrogen-bond donors (Lipinski definition) is 2. The first-order valence-corrected chi connectivity index (χ1v) is 15.5. The van der Waals surface area contributed by atoms with Gasteiger partial charge in [-0.15, -0.1) is 0 Å². The van der Waals surface area contributed by atoms with Gasteiger partial charge in [0.25, 0.3) is 5.91 Å². The molecule has 2 N–H and O–H groups in total. The number of nitrogens with zero attached hydrogens (tertiary/aromatic N) is 4. The van der Waals surface area contributed by atoms with Crippen molar-refractivity contribution in [3.63, 3.8) is 0 Å². The summed E-state index contributed by atoms with van der Waals surface area (Å²) in [6.45, 7) is 4.80. The van der Waals surface area contributed by atoms with Crippen LogP contribution in [-0.2, 0) is 22.1 Å². The van der Waals surface area contributed by atoms with Crippen LogP contribution >= 0.6 is 0 Å². The van der Waals surface area contributed by atoms with E-state index < -0.39 is 34.8 Å². The van der Waals surface area contributed by atoms with Crippen LogP contribution in [-0.4, -0.2) is 83.4 Å². The second kappa shape index (κ2) is 11.2. The van der Waals surface area contributed by atoms with Crippen molar-refractivity contribution < 1.29 is 37.3 Å². The number of aromatic nitrogens is 2. The number of carboxylic acid groups (broad SMARTS) is 1. The Labute approximate surface area is 252 Å². The number of hydrogen-bond acceptors (Lipinski definition) is 8. The molecule has 0 spiro atoms. The maximum absolute atomic E-state index is 14.4. The van der Waals surface area contributed by atoms with Crippen molar-refractivity contribution in [1.82, 2.24) is 20.2 Å². The monoisotopic (exact) mass is 615 g/mol. The molecule has 4 saturated carbocycles. The standard InChI is InChI=1S/C31H36F3N5O5/c32-31(33,34)26-24(27(40)37-30(28(41)42)21-12-18-11-19(14-21)15-22(30)13-18)17-35-29(36-26)39-4-3-20-16-23(1-2-25(20)39)44-10-7-38-5-8-43-9-6-38/h1-2,16-19,21-22H,3-15H2,(H,37,40)(H,41,42). The predicted octanol–water partition coefficient (Wildman–Crippen LogP) is 3.91. The second-order valence-electron chi connectivity index (χ2n) is 12.9. The summed E-state index contributed by atoms with van der Waals surface area (Å²) in [5.74, 6) is -1.54. The minimum absolute atomic E-state index is 0.170. The average Bonchev–Trinajstić information content (AvgIpc) is 3.41. The number of alkyl halides is 3. The fraction of sp³-hybridized carbons (Fsp3) is 0.613. The van der Waals surface area contributed by atoms with E-state index in [1.165, 1.54) is 0 Å². The number of fused-ring (bicyclic) bond motifs is 1. The van der Waals surface area contributed by atoms with E-state index in [-0.39, 0.29) is 17.8 Å². The molecule has 236 valence electrons. The molecule has 5 fully saturated rings. The molecule has 0 unspecified atom stereocenters. The predicted molar refractivity (Wildman–Crippen MR) is 152 cm³/mol. The lowest BCUT2D eigenvalue weighted by atomic mass is 9.48. The summed E-state index contributed by atoms with van der Waals surface area (Å²) in [5, 5.41) is 12.9. The zero-order valence-electron chi connectivity index (χ0n) is 24.3. The van der Waals surface area contributed by atoms with E-state index >= 15 is 0 Å². The number of carbonyl (C=O) groups is 2. The lowest BCUT2D eigenvalue weighted by Crippen LogP contribution is -2.70. The number of aliphatic carboxylic acids is 1. The summed E-state index contributed by atoms with van der Waals surface area (Å²) in [4.78, 5) is 38.1. The Morgan fingerprint density at radius 3 is 2.43 bits per heavy atom. The molecule has 2 aliphatic heterocycles. The molecule has 10 nitrogen and oxygen atoms in total. The normalized spacial score (nSPS) is 29.5. The van der Waals surface area contributed by atoms with Gasteiger partial charge in [-0.25, -0.2) is 14.8 Å². The van der Waals surface area contributed by atoms with Gasteiger partial charge < -0.3 is 24.8 Å². The maximum Gasteiger partial charge on any atom is 0.434 e. The molecule has 3 heterocycles. The van der Waals surface area contributed by atoms with E-state index in [1.54, 1.807) is 17.0 Å². The third-order valence-corrected chi connectivity index (χ3v) is 10.4. The molecule has 4 aliphatic carbocycles. The van der Waals surface area contributed by atoms with Crippen LogP contribution in [0, 0.1) is 23.7 Å². The summed E-state index contributed by atoms with van der Waals surface area (Å²) < 4.78 is 54.4. The quantitative estimate of drug-likeness (QED) is 0.456. The van der Waals surface area contributed by atoms with Crippen LogP contribution in [0.2, 0.25) is 0 Å². The minimum Gasteiger partial charge on any atom is -0.492 e. The lowest BCUT2D eigenvalue weighted by Gasteiger charge is -2.59. The number of amides is 1. The highest BCUT2D eigenvalue weighted by atomic mass is 19.4. The van der Waals surface area contributed by atoms with Crippen LogP contribution in [0.1, 0.15) is 53.7 Å². The first-order valence-electron chi connectivity index (χ1n) is 15.5. The summed E-state index contributed by atoms with van der Waals surface area (Å²) >= 11 is 0. The van der Waals surface area contributed by atoms with E-state index in [0.717, 1.165) is 37.8 Å². The Kier molecular flexibility index (Phi) is 7.43. The number of carbonyl (C=O) groups excluding carboxylic acids is 1. The highest BCUT2D eigenvalue weighted by Crippen LogP contribution is 2.58. The van der Waals surface area contributed by atoms with Crippen molar-refractivity contribution in [2.45, 2.75) is 50.2 Å². The molecule has 1 saturated heterocycles. The lowest BCUT2D eigenvalue weighted by molar-refractivity contribution is -0.163. The first kappa shape index (κ1) is 29.3. The van der Waals surface area contributed by atoms with E-state index in [1.807, 2.05) is 6.07 Å². The molecule has 6 aliphatic rings. The Morgan fingerprint density at radius 2 is 1.77 bits per heavy atom. The van der Waals surface area contributed by atoms with Gasteiger partial charge >= 0.3 is 12.1 Å². The Bertz CT molecular complexity index is 1420. The molecule has 0 atom stereocenters. The van der Waals surface area contributed by atoms with Gasteiger partial charge in [0.1, 0.15) is 17.9 Å². The van der Waals surface area contributed by atoms with Crippen molar-refractivity contribution in [1.29, 1.82) is 0 Å². The molecule has 0 radical (unpaired) electrons. The van der Waals surface area contributed by atoms with Gasteiger partial charge in [0.05, 0.1) is 18.8 Å². The third kappa shape index (κ3) is 5.17. The number of anilines is 2. The van der Waals surface area contributed by atoms with Crippen molar-refractivity contribution >= 4 is 23.5 Å². The highest BCUT2D eigenvalue weighted by molar-refractivity contribution is 5.99. The van der Waals surface area contributed by atoms with E-state index in [0.29, 0.717) is 81.7 Å². The van der Waals surface area contributed by atoms with Crippen molar-refractivity contribution in [2.24, 2.45) is 23.7 Å². The van der Waals surface area contributed by atoms with Gasteiger partial charge in [-0.2, -0.15) is 13.2 Å².